The van der Waals surface area contributed by atoms with Gasteiger partial charge in [0.2, 0.25) is 0 Å². The van der Waals surface area contributed by atoms with Gasteiger partial charge in [0.25, 0.3) is 0 Å². The van der Waals surface area contributed by atoms with Crippen molar-refractivity contribution in [3.05, 3.63) is 23.8 Å². The largest absolute Gasteiger partial charge is 0.395 e. The molecule has 1 aromatic rings. The molecule has 2 rings (SSSR count). The fourth-order valence-electron chi connectivity index (χ4n) is 1.76. The van der Waals surface area contributed by atoms with E-state index in [0.717, 1.165) is 25.5 Å². The van der Waals surface area contributed by atoms with Crippen LogP contribution in [-0.4, -0.2) is 19.3 Å². The van der Waals surface area contributed by atoms with Crippen molar-refractivity contribution < 1.29 is 13.5 Å². The molecule has 1 aliphatic heterocycles. The van der Waals surface area contributed by atoms with Gasteiger partial charge in [0, 0.05) is 19.2 Å². The van der Waals surface area contributed by atoms with Crippen molar-refractivity contribution in [1.82, 2.24) is 0 Å². The molecular formula is C11H14F2N2O. The van der Waals surface area contributed by atoms with Crippen LogP contribution in [0.3, 0.4) is 0 Å². The molecular weight excluding hydrogens is 214 g/mol. The average molecular weight is 228 g/mol. The van der Waals surface area contributed by atoms with E-state index in [-0.39, 0.29) is 17.5 Å². The summed E-state index contributed by atoms with van der Waals surface area (Å²) in [6, 6.07) is 1.96. The third-order valence-corrected chi connectivity index (χ3v) is 2.64. The normalized spacial score (nSPS) is 20.0. The molecule has 0 spiro atoms. The van der Waals surface area contributed by atoms with Crippen molar-refractivity contribution in [3.8, 4) is 0 Å². The number of halogens is 2. The van der Waals surface area contributed by atoms with E-state index in [4.69, 9.17) is 10.5 Å². The van der Waals surface area contributed by atoms with Crippen LogP contribution in [0, 0.1) is 11.6 Å². The summed E-state index contributed by atoms with van der Waals surface area (Å²) in [5.74, 6) is -1.38. The van der Waals surface area contributed by atoms with Crippen LogP contribution in [0.15, 0.2) is 12.1 Å². The van der Waals surface area contributed by atoms with Crippen LogP contribution in [0.5, 0.6) is 0 Å². The van der Waals surface area contributed by atoms with Crippen LogP contribution < -0.4 is 11.1 Å². The quantitative estimate of drug-likeness (QED) is 0.779. The molecule has 0 saturated carbocycles. The molecule has 88 valence electrons. The van der Waals surface area contributed by atoms with Crippen LogP contribution in [0.1, 0.15) is 12.8 Å². The molecule has 0 bridgehead atoms. The van der Waals surface area contributed by atoms with Gasteiger partial charge in [-0.25, -0.2) is 8.78 Å². The van der Waals surface area contributed by atoms with Crippen LogP contribution in [-0.2, 0) is 4.74 Å². The lowest BCUT2D eigenvalue weighted by molar-refractivity contribution is 0.120. The maximum Gasteiger partial charge on any atom is 0.151 e. The number of nitrogens with two attached hydrogens (primary N) is 1. The molecule has 1 atom stereocenters. The lowest BCUT2D eigenvalue weighted by atomic mass is 10.2. The Labute approximate surface area is 92.6 Å². The smallest absolute Gasteiger partial charge is 0.151 e. The number of ether oxygens (including phenoxy) is 1. The Kier molecular flexibility index (Phi) is 3.24. The molecule has 0 radical (unpaired) electrons. The van der Waals surface area contributed by atoms with Gasteiger partial charge in [0.1, 0.15) is 5.82 Å². The molecule has 0 aromatic heterocycles. The summed E-state index contributed by atoms with van der Waals surface area (Å²) in [4.78, 5) is 0. The van der Waals surface area contributed by atoms with Gasteiger partial charge in [-0.05, 0) is 18.9 Å². The highest BCUT2D eigenvalue weighted by Crippen LogP contribution is 2.24. The van der Waals surface area contributed by atoms with E-state index in [1.54, 1.807) is 0 Å². The second-order valence-corrected chi connectivity index (χ2v) is 3.86. The van der Waals surface area contributed by atoms with Gasteiger partial charge in [-0.1, -0.05) is 0 Å². The number of hydrogen-bond donors (Lipinski definition) is 2. The molecule has 3 nitrogen and oxygen atoms in total. The van der Waals surface area contributed by atoms with Crippen molar-refractivity contribution in [2.45, 2.75) is 18.9 Å². The maximum atomic E-state index is 13.1. The van der Waals surface area contributed by atoms with Gasteiger partial charge in [-0.2, -0.15) is 0 Å². The topological polar surface area (TPSA) is 47.3 Å². The van der Waals surface area contributed by atoms with Crippen molar-refractivity contribution in [2.24, 2.45) is 0 Å². The van der Waals surface area contributed by atoms with Crippen LogP contribution in [0.25, 0.3) is 0 Å². The van der Waals surface area contributed by atoms with Gasteiger partial charge < -0.3 is 15.8 Å². The maximum absolute atomic E-state index is 13.1. The number of nitrogen functional groups attached to an aromatic ring is 1. The van der Waals surface area contributed by atoms with E-state index in [9.17, 15) is 8.78 Å². The molecule has 0 amide bonds. The minimum atomic E-state index is -0.741. The number of nitrogens with one attached hydrogen (secondary N) is 1. The molecule has 16 heavy (non-hydrogen) atoms. The van der Waals surface area contributed by atoms with Gasteiger partial charge in [-0.15, -0.1) is 0 Å². The molecule has 1 unspecified atom stereocenters. The summed E-state index contributed by atoms with van der Waals surface area (Å²) in [5, 5.41) is 2.91. The zero-order valence-electron chi connectivity index (χ0n) is 8.80. The van der Waals surface area contributed by atoms with Crippen molar-refractivity contribution in [2.75, 3.05) is 24.2 Å². The molecule has 5 heteroatoms. The van der Waals surface area contributed by atoms with E-state index in [2.05, 4.69) is 5.32 Å². The second kappa shape index (κ2) is 4.65. The third-order valence-electron chi connectivity index (χ3n) is 2.64. The lowest BCUT2D eigenvalue weighted by Gasteiger charge is -2.13. The van der Waals surface area contributed by atoms with E-state index >= 15 is 0 Å². The highest BCUT2D eigenvalue weighted by atomic mass is 19.1. The fourth-order valence-corrected chi connectivity index (χ4v) is 1.76. The summed E-state index contributed by atoms with van der Waals surface area (Å²) in [5.41, 5.74) is 5.72. The first-order valence-corrected chi connectivity index (χ1v) is 5.27. The van der Waals surface area contributed by atoms with E-state index in [1.165, 1.54) is 6.07 Å². The monoisotopic (exact) mass is 228 g/mol. The standard InChI is InChI=1S/C11H14F2N2O/c12-7-4-9(13)11(14)10(5-7)15-6-8-2-1-3-16-8/h4-5,8,15H,1-3,6,14H2. The predicted molar refractivity (Wildman–Crippen MR) is 58.2 cm³/mol. The first-order chi connectivity index (χ1) is 7.66. The SMILES string of the molecule is Nc1c(F)cc(F)cc1NCC1CCCO1. The first-order valence-electron chi connectivity index (χ1n) is 5.27. The van der Waals surface area contributed by atoms with Gasteiger partial charge in [0.15, 0.2) is 5.82 Å². The average Bonchev–Trinajstić information content (AvgIpc) is 2.74. The van der Waals surface area contributed by atoms with E-state index in [1.807, 2.05) is 0 Å². The van der Waals surface area contributed by atoms with Crippen molar-refractivity contribution in [1.29, 1.82) is 0 Å². The van der Waals surface area contributed by atoms with Gasteiger partial charge in [-0.3, -0.25) is 0 Å². The molecule has 1 aliphatic rings. The Morgan fingerprint density at radius 3 is 2.94 bits per heavy atom. The Balaban J connectivity index is 2.02. The highest BCUT2D eigenvalue weighted by molar-refractivity contribution is 5.66. The van der Waals surface area contributed by atoms with Gasteiger partial charge in [0.05, 0.1) is 17.5 Å². The van der Waals surface area contributed by atoms with Crippen LogP contribution >= 0.6 is 0 Å². The van der Waals surface area contributed by atoms with Crippen molar-refractivity contribution in [3.63, 3.8) is 0 Å². The number of rotatable bonds is 3. The molecule has 1 heterocycles. The van der Waals surface area contributed by atoms with E-state index < -0.39 is 11.6 Å². The van der Waals surface area contributed by atoms with E-state index in [0.29, 0.717) is 6.54 Å². The summed E-state index contributed by atoms with van der Waals surface area (Å²) in [7, 11) is 0. The van der Waals surface area contributed by atoms with Gasteiger partial charge >= 0.3 is 0 Å². The minimum absolute atomic E-state index is 0.0561. The predicted octanol–water partition coefficient (Wildman–Crippen LogP) is 2.14. The third kappa shape index (κ3) is 2.41. The minimum Gasteiger partial charge on any atom is -0.395 e. The highest BCUT2D eigenvalue weighted by Gasteiger charge is 2.16. The zero-order chi connectivity index (χ0) is 11.5. The lowest BCUT2D eigenvalue weighted by Crippen LogP contribution is -2.19. The molecule has 3 N–H and O–H groups in total. The zero-order valence-corrected chi connectivity index (χ0v) is 8.80. The Morgan fingerprint density at radius 1 is 1.44 bits per heavy atom. The Morgan fingerprint density at radius 2 is 2.25 bits per heavy atom. The molecule has 0 aliphatic carbocycles. The van der Waals surface area contributed by atoms with Crippen LogP contribution in [0.4, 0.5) is 20.2 Å². The Bertz CT molecular complexity index is 378. The number of anilines is 2. The molecule has 1 fully saturated rings. The second-order valence-electron chi connectivity index (χ2n) is 3.86. The number of benzene rings is 1. The molecule has 1 aromatic carbocycles. The summed E-state index contributed by atoms with van der Waals surface area (Å²) < 4.78 is 31.4. The summed E-state index contributed by atoms with van der Waals surface area (Å²) in [6.45, 7) is 1.27. The fraction of sp³-hybridized carbons (Fsp3) is 0.455. The van der Waals surface area contributed by atoms with Crippen LogP contribution in [0.2, 0.25) is 0 Å². The first kappa shape index (κ1) is 11.1. The summed E-state index contributed by atoms with van der Waals surface area (Å²) in [6.07, 6.45) is 2.09. The Hall–Kier alpha value is -1.36. The molecule has 1 saturated heterocycles. The number of hydrogen-bond acceptors (Lipinski definition) is 3. The summed E-state index contributed by atoms with van der Waals surface area (Å²) >= 11 is 0. The van der Waals surface area contributed by atoms with Crippen molar-refractivity contribution >= 4 is 11.4 Å².